The molecule has 104 valence electrons. The predicted molar refractivity (Wildman–Crippen MR) is 77.9 cm³/mol. The summed E-state index contributed by atoms with van der Waals surface area (Å²) in [5.41, 5.74) is 0.901. The molecule has 0 spiro atoms. The second kappa shape index (κ2) is 6.59. The van der Waals surface area contributed by atoms with Crippen LogP contribution in [0.5, 0.6) is 0 Å². The fourth-order valence-corrected chi connectivity index (χ4v) is 2.25. The third-order valence-corrected chi connectivity index (χ3v) is 3.00. The molecule has 0 amide bonds. The van der Waals surface area contributed by atoms with Gasteiger partial charge in [0.2, 0.25) is 0 Å². The van der Waals surface area contributed by atoms with Crippen molar-refractivity contribution in [2.75, 3.05) is 13.6 Å². The molecule has 5 heteroatoms. The maximum atomic E-state index is 13.1. The number of benzene rings is 1. The number of halogens is 2. The van der Waals surface area contributed by atoms with Gasteiger partial charge in [0, 0.05) is 24.0 Å². The zero-order valence-corrected chi connectivity index (χ0v) is 11.9. The molecule has 2 aromatic rings. The van der Waals surface area contributed by atoms with Crippen LogP contribution in [0.25, 0.3) is 0 Å². The fraction of sp³-hybridized carbons (Fsp3) is 0.200. The van der Waals surface area contributed by atoms with E-state index in [1.165, 1.54) is 12.1 Å². The van der Waals surface area contributed by atoms with Crippen LogP contribution in [0, 0.1) is 5.82 Å². The molecule has 0 unspecified atom stereocenters. The topological polar surface area (TPSA) is 29.0 Å². The Morgan fingerprint density at radius 3 is 2.45 bits per heavy atom. The summed E-state index contributed by atoms with van der Waals surface area (Å²) in [4.78, 5) is 10.5. The quantitative estimate of drug-likeness (QED) is 0.845. The molecular weight excluding hydrogens is 277 g/mol. The van der Waals surface area contributed by atoms with E-state index in [0.717, 1.165) is 5.56 Å². The van der Waals surface area contributed by atoms with Gasteiger partial charge in [0.05, 0.1) is 6.04 Å². The smallest absolute Gasteiger partial charge is 0.149 e. The van der Waals surface area contributed by atoms with Gasteiger partial charge in [-0.2, -0.15) is 0 Å². The molecule has 1 heterocycles. The van der Waals surface area contributed by atoms with Crippen LogP contribution in [-0.4, -0.2) is 28.5 Å². The standard InChI is InChI=1S/C15H15ClFN3/c1-11(16)10-20(2)14(15-18-8-3-9-19-15)12-4-6-13(17)7-5-12/h3-9,14H,1,10H2,2H3/t14-/m0/s1. The first kappa shape index (κ1) is 14.6. The van der Waals surface area contributed by atoms with E-state index in [1.807, 2.05) is 11.9 Å². The van der Waals surface area contributed by atoms with E-state index in [1.54, 1.807) is 30.6 Å². The summed E-state index contributed by atoms with van der Waals surface area (Å²) in [6, 6.07) is 7.86. The van der Waals surface area contributed by atoms with Crippen LogP contribution in [0.1, 0.15) is 17.4 Å². The lowest BCUT2D eigenvalue weighted by atomic mass is 10.0. The molecule has 1 aromatic carbocycles. The van der Waals surface area contributed by atoms with E-state index in [-0.39, 0.29) is 11.9 Å². The Morgan fingerprint density at radius 1 is 1.30 bits per heavy atom. The zero-order valence-electron chi connectivity index (χ0n) is 11.1. The van der Waals surface area contributed by atoms with Gasteiger partial charge in [-0.3, -0.25) is 4.90 Å². The number of rotatable bonds is 5. The average Bonchev–Trinajstić information content (AvgIpc) is 2.42. The third-order valence-electron chi connectivity index (χ3n) is 2.88. The van der Waals surface area contributed by atoms with Crippen LogP contribution >= 0.6 is 11.6 Å². The maximum Gasteiger partial charge on any atom is 0.149 e. The van der Waals surface area contributed by atoms with Crippen LogP contribution in [0.15, 0.2) is 54.3 Å². The lowest BCUT2D eigenvalue weighted by Gasteiger charge is -2.26. The Morgan fingerprint density at radius 2 is 1.90 bits per heavy atom. The van der Waals surface area contributed by atoms with Gasteiger partial charge in [0.25, 0.3) is 0 Å². The van der Waals surface area contributed by atoms with Gasteiger partial charge in [-0.05, 0) is 30.8 Å². The van der Waals surface area contributed by atoms with E-state index in [4.69, 9.17) is 11.6 Å². The van der Waals surface area contributed by atoms with E-state index in [9.17, 15) is 4.39 Å². The van der Waals surface area contributed by atoms with Crippen LogP contribution in [-0.2, 0) is 0 Å². The maximum absolute atomic E-state index is 13.1. The predicted octanol–water partition coefficient (Wildman–Crippen LogP) is 3.39. The fourth-order valence-electron chi connectivity index (χ4n) is 2.06. The molecule has 0 fully saturated rings. The van der Waals surface area contributed by atoms with E-state index in [2.05, 4.69) is 16.5 Å². The number of nitrogens with zero attached hydrogens (tertiary/aromatic N) is 3. The Labute approximate surface area is 122 Å². The molecule has 1 aromatic heterocycles. The van der Waals surface area contributed by atoms with Gasteiger partial charge in [-0.15, -0.1) is 0 Å². The first-order valence-electron chi connectivity index (χ1n) is 6.14. The van der Waals surface area contributed by atoms with Crippen molar-refractivity contribution in [2.45, 2.75) is 6.04 Å². The molecular formula is C15H15ClFN3. The summed E-state index contributed by atoms with van der Waals surface area (Å²) in [5.74, 6) is 0.366. The Kier molecular flexibility index (Phi) is 4.82. The zero-order chi connectivity index (χ0) is 14.5. The minimum Gasteiger partial charge on any atom is -0.288 e. The molecule has 0 aliphatic carbocycles. The van der Waals surface area contributed by atoms with E-state index < -0.39 is 0 Å². The molecule has 0 radical (unpaired) electrons. The molecule has 0 N–H and O–H groups in total. The van der Waals surface area contributed by atoms with Gasteiger partial charge in [-0.25, -0.2) is 14.4 Å². The van der Waals surface area contributed by atoms with Crippen molar-refractivity contribution in [2.24, 2.45) is 0 Å². The molecule has 2 rings (SSSR count). The first-order valence-corrected chi connectivity index (χ1v) is 6.51. The van der Waals surface area contributed by atoms with Crippen LogP contribution in [0.3, 0.4) is 0 Å². The Hall–Kier alpha value is -1.78. The average molecular weight is 292 g/mol. The van der Waals surface area contributed by atoms with Crippen molar-refractivity contribution >= 4 is 11.6 Å². The van der Waals surface area contributed by atoms with Gasteiger partial charge in [0.15, 0.2) is 0 Å². The Bertz CT molecular complexity index is 571. The molecule has 0 aliphatic heterocycles. The van der Waals surface area contributed by atoms with Crippen molar-refractivity contribution in [3.8, 4) is 0 Å². The SMILES string of the molecule is C=C(Cl)CN(C)[C@@H](c1ccc(F)cc1)c1ncccn1. The molecule has 1 atom stereocenters. The van der Waals surface area contributed by atoms with E-state index >= 15 is 0 Å². The van der Waals surface area contributed by atoms with Gasteiger partial charge < -0.3 is 0 Å². The normalized spacial score (nSPS) is 12.4. The highest BCUT2D eigenvalue weighted by molar-refractivity contribution is 6.29. The summed E-state index contributed by atoms with van der Waals surface area (Å²) in [6.07, 6.45) is 3.37. The number of hydrogen-bond donors (Lipinski definition) is 0. The van der Waals surface area contributed by atoms with Crippen LogP contribution in [0.2, 0.25) is 0 Å². The van der Waals surface area contributed by atoms with Crippen molar-refractivity contribution in [3.63, 3.8) is 0 Å². The summed E-state index contributed by atoms with van der Waals surface area (Å²) >= 11 is 5.88. The third kappa shape index (κ3) is 3.62. The molecule has 0 saturated carbocycles. The van der Waals surface area contributed by atoms with Crippen molar-refractivity contribution in [1.82, 2.24) is 14.9 Å². The molecule has 0 bridgehead atoms. The molecule has 20 heavy (non-hydrogen) atoms. The minimum atomic E-state index is -0.272. The van der Waals surface area contributed by atoms with Crippen molar-refractivity contribution < 1.29 is 4.39 Å². The van der Waals surface area contributed by atoms with Gasteiger partial charge >= 0.3 is 0 Å². The minimum absolute atomic E-state index is 0.202. The van der Waals surface area contributed by atoms with Crippen molar-refractivity contribution in [3.05, 3.63) is 71.5 Å². The monoisotopic (exact) mass is 291 g/mol. The Balaban J connectivity index is 2.38. The lowest BCUT2D eigenvalue weighted by Crippen LogP contribution is -2.28. The van der Waals surface area contributed by atoms with Gasteiger partial charge in [0.1, 0.15) is 11.6 Å². The molecule has 0 saturated heterocycles. The second-order valence-electron chi connectivity index (χ2n) is 4.49. The number of hydrogen-bond acceptors (Lipinski definition) is 3. The number of aromatic nitrogens is 2. The highest BCUT2D eigenvalue weighted by Crippen LogP contribution is 2.25. The summed E-state index contributed by atoms with van der Waals surface area (Å²) in [7, 11) is 1.90. The second-order valence-corrected chi connectivity index (χ2v) is 5.03. The van der Waals surface area contributed by atoms with Crippen LogP contribution < -0.4 is 0 Å². The number of likely N-dealkylation sites (N-methyl/N-ethyl adjacent to an activating group) is 1. The lowest BCUT2D eigenvalue weighted by molar-refractivity contribution is 0.296. The first-order chi connectivity index (χ1) is 9.58. The molecule has 0 aliphatic rings. The van der Waals surface area contributed by atoms with Gasteiger partial charge in [-0.1, -0.05) is 30.3 Å². The summed E-state index contributed by atoms with van der Waals surface area (Å²) in [5, 5.41) is 0.524. The highest BCUT2D eigenvalue weighted by Gasteiger charge is 2.22. The summed E-state index contributed by atoms with van der Waals surface area (Å²) < 4.78 is 13.1. The highest BCUT2D eigenvalue weighted by atomic mass is 35.5. The summed E-state index contributed by atoms with van der Waals surface area (Å²) in [6.45, 7) is 4.19. The molecule has 3 nitrogen and oxygen atoms in total. The van der Waals surface area contributed by atoms with Crippen molar-refractivity contribution in [1.29, 1.82) is 0 Å². The largest absolute Gasteiger partial charge is 0.288 e. The van der Waals surface area contributed by atoms with E-state index in [0.29, 0.717) is 17.4 Å². The van der Waals surface area contributed by atoms with Crippen LogP contribution in [0.4, 0.5) is 4.39 Å².